The normalized spacial score (nSPS) is 13.6. The molecular formula is C16H14N6OS2. The first-order valence-corrected chi connectivity index (χ1v) is 9.53. The number of thiophene rings is 1. The maximum Gasteiger partial charge on any atom is 0.216 e. The lowest BCUT2D eigenvalue weighted by molar-refractivity contribution is 0.535. The van der Waals surface area contributed by atoms with Crippen molar-refractivity contribution in [2.24, 2.45) is 0 Å². The minimum atomic E-state index is 0.578. The van der Waals surface area contributed by atoms with Gasteiger partial charge in [-0.1, -0.05) is 0 Å². The molecule has 0 spiro atoms. The van der Waals surface area contributed by atoms with Crippen molar-refractivity contribution in [3.05, 3.63) is 34.9 Å². The highest BCUT2D eigenvalue weighted by molar-refractivity contribution is 7.99. The highest BCUT2D eigenvalue weighted by atomic mass is 32.2. The minimum Gasteiger partial charge on any atom is -0.469 e. The molecule has 5 rings (SSSR count). The Bertz CT molecular complexity index is 1100. The van der Waals surface area contributed by atoms with E-state index in [9.17, 15) is 0 Å². The third-order valence-electron chi connectivity index (χ3n) is 4.42. The van der Waals surface area contributed by atoms with Crippen molar-refractivity contribution < 1.29 is 4.42 Å². The van der Waals surface area contributed by atoms with Gasteiger partial charge < -0.3 is 10.3 Å². The van der Waals surface area contributed by atoms with Crippen LogP contribution in [0.25, 0.3) is 21.6 Å². The monoisotopic (exact) mass is 370 g/mol. The lowest BCUT2D eigenvalue weighted by Crippen LogP contribution is -2.11. The third-order valence-corrected chi connectivity index (χ3v) is 6.58. The number of aryl methyl sites for hydroxylation is 3. The van der Waals surface area contributed by atoms with E-state index in [1.807, 2.05) is 13.0 Å². The Kier molecular flexibility index (Phi) is 3.32. The lowest BCUT2D eigenvalue weighted by Gasteiger charge is -2.04. The summed E-state index contributed by atoms with van der Waals surface area (Å²) < 4.78 is 6.83. The van der Waals surface area contributed by atoms with Crippen LogP contribution < -0.4 is 5.84 Å². The summed E-state index contributed by atoms with van der Waals surface area (Å²) in [7, 11) is 0. The van der Waals surface area contributed by atoms with Gasteiger partial charge in [-0.15, -0.1) is 21.5 Å². The van der Waals surface area contributed by atoms with E-state index in [0.717, 1.165) is 39.4 Å². The average Bonchev–Trinajstić information content (AvgIpc) is 3.34. The van der Waals surface area contributed by atoms with Crippen LogP contribution in [0, 0.1) is 6.92 Å². The average molecular weight is 370 g/mol. The molecule has 7 nitrogen and oxygen atoms in total. The predicted octanol–water partition coefficient (Wildman–Crippen LogP) is 3.20. The maximum atomic E-state index is 6.23. The zero-order valence-electron chi connectivity index (χ0n) is 13.4. The zero-order valence-corrected chi connectivity index (χ0v) is 15.0. The fraction of sp³-hybridized carbons (Fsp3) is 0.250. The molecule has 1 aliphatic rings. The fourth-order valence-electron chi connectivity index (χ4n) is 3.21. The molecule has 0 saturated heterocycles. The van der Waals surface area contributed by atoms with Gasteiger partial charge in [-0.25, -0.2) is 14.6 Å². The molecule has 0 aliphatic heterocycles. The van der Waals surface area contributed by atoms with Crippen LogP contribution in [0.4, 0.5) is 0 Å². The van der Waals surface area contributed by atoms with Gasteiger partial charge in [-0.05, 0) is 49.6 Å². The molecule has 0 unspecified atom stereocenters. The highest BCUT2D eigenvalue weighted by Gasteiger charge is 2.23. The molecule has 4 aromatic rings. The smallest absolute Gasteiger partial charge is 0.216 e. The van der Waals surface area contributed by atoms with Crippen molar-refractivity contribution in [2.75, 3.05) is 5.84 Å². The molecule has 4 heterocycles. The Morgan fingerprint density at radius 1 is 1.28 bits per heavy atom. The van der Waals surface area contributed by atoms with Gasteiger partial charge in [0.05, 0.1) is 11.8 Å². The van der Waals surface area contributed by atoms with Crippen LogP contribution in [-0.4, -0.2) is 24.8 Å². The first-order valence-electron chi connectivity index (χ1n) is 7.90. The van der Waals surface area contributed by atoms with Crippen molar-refractivity contribution in [1.29, 1.82) is 0 Å². The summed E-state index contributed by atoms with van der Waals surface area (Å²) in [6, 6.07) is 1.84. The summed E-state index contributed by atoms with van der Waals surface area (Å²) in [5.74, 6) is 7.57. The van der Waals surface area contributed by atoms with Crippen molar-refractivity contribution in [1.82, 2.24) is 24.8 Å². The quantitative estimate of drug-likeness (QED) is 0.437. The van der Waals surface area contributed by atoms with Crippen LogP contribution in [0.3, 0.4) is 0 Å². The van der Waals surface area contributed by atoms with Crippen molar-refractivity contribution >= 4 is 33.3 Å². The Morgan fingerprint density at radius 2 is 2.20 bits per heavy atom. The highest BCUT2D eigenvalue weighted by Crippen LogP contribution is 2.41. The standard InChI is InChI=1S/C16H14N6OS2/c1-8-9(5-6-23-8)13-20-21-16(22(13)17)25-15-12-10-3-2-4-11(10)24-14(12)18-7-19-15/h5-7H,2-4,17H2,1H3. The molecular weight excluding hydrogens is 356 g/mol. The van der Waals surface area contributed by atoms with E-state index in [-0.39, 0.29) is 0 Å². The number of nitrogens with zero attached hydrogens (tertiary/aromatic N) is 5. The van der Waals surface area contributed by atoms with Crippen LogP contribution in [0.1, 0.15) is 22.6 Å². The topological polar surface area (TPSA) is 95.6 Å². The van der Waals surface area contributed by atoms with Gasteiger partial charge in [0.1, 0.15) is 21.9 Å². The maximum absolute atomic E-state index is 6.23. The van der Waals surface area contributed by atoms with Crippen molar-refractivity contribution in [3.63, 3.8) is 0 Å². The summed E-state index contributed by atoms with van der Waals surface area (Å²) in [6.45, 7) is 1.87. The number of hydrogen-bond acceptors (Lipinski definition) is 8. The zero-order chi connectivity index (χ0) is 17.0. The molecule has 2 N–H and O–H groups in total. The fourth-order valence-corrected chi connectivity index (χ4v) is 5.37. The number of furan rings is 1. The first kappa shape index (κ1) is 14.9. The molecule has 1 aliphatic carbocycles. The number of nitrogens with two attached hydrogens (primary N) is 1. The molecule has 0 fully saturated rings. The number of aromatic nitrogens is 5. The van der Waals surface area contributed by atoms with Crippen molar-refractivity contribution in [3.8, 4) is 11.4 Å². The van der Waals surface area contributed by atoms with Gasteiger partial charge >= 0.3 is 0 Å². The van der Waals surface area contributed by atoms with E-state index in [1.54, 1.807) is 23.9 Å². The Balaban J connectivity index is 1.58. The van der Waals surface area contributed by atoms with Crippen LogP contribution in [0.2, 0.25) is 0 Å². The second kappa shape index (κ2) is 5.57. The molecule has 0 saturated carbocycles. The molecule has 0 aromatic carbocycles. The molecule has 9 heteroatoms. The van der Waals surface area contributed by atoms with Crippen LogP contribution in [-0.2, 0) is 12.8 Å². The van der Waals surface area contributed by atoms with E-state index in [4.69, 9.17) is 10.3 Å². The van der Waals surface area contributed by atoms with Gasteiger partial charge in [-0.2, -0.15) is 0 Å². The SMILES string of the molecule is Cc1occc1-c1nnc(Sc2ncnc3sc4c(c23)CCC4)n1N. The number of fused-ring (bicyclic) bond motifs is 3. The van der Waals surface area contributed by atoms with E-state index in [0.29, 0.717) is 11.0 Å². The van der Waals surface area contributed by atoms with Gasteiger partial charge in [0, 0.05) is 10.3 Å². The molecule has 4 aromatic heterocycles. The molecule has 0 atom stereocenters. The largest absolute Gasteiger partial charge is 0.469 e. The second-order valence-electron chi connectivity index (χ2n) is 5.89. The van der Waals surface area contributed by atoms with Gasteiger partial charge in [0.15, 0.2) is 5.82 Å². The molecule has 25 heavy (non-hydrogen) atoms. The summed E-state index contributed by atoms with van der Waals surface area (Å²) in [5, 5.41) is 11.1. The first-order chi connectivity index (χ1) is 12.2. The lowest BCUT2D eigenvalue weighted by atomic mass is 10.2. The van der Waals surface area contributed by atoms with Crippen molar-refractivity contribution in [2.45, 2.75) is 36.4 Å². The third kappa shape index (κ3) is 2.26. The number of rotatable bonds is 3. The molecule has 0 amide bonds. The van der Waals surface area contributed by atoms with Crippen LogP contribution in [0.5, 0.6) is 0 Å². The Morgan fingerprint density at radius 3 is 3.04 bits per heavy atom. The molecule has 0 bridgehead atoms. The van der Waals surface area contributed by atoms with Gasteiger partial charge in [0.2, 0.25) is 5.16 Å². The Hall–Kier alpha value is -2.39. The summed E-state index contributed by atoms with van der Waals surface area (Å²) in [5.41, 5.74) is 2.23. The van der Waals surface area contributed by atoms with Crippen LogP contribution in [0.15, 0.2) is 33.3 Å². The summed E-state index contributed by atoms with van der Waals surface area (Å²) in [4.78, 5) is 11.4. The second-order valence-corrected chi connectivity index (χ2v) is 7.92. The number of nitrogen functional groups attached to an aromatic ring is 1. The van der Waals surface area contributed by atoms with E-state index >= 15 is 0 Å². The number of hydrogen-bond donors (Lipinski definition) is 1. The summed E-state index contributed by atoms with van der Waals surface area (Å²) >= 11 is 3.20. The van der Waals surface area contributed by atoms with Crippen LogP contribution >= 0.6 is 23.1 Å². The van der Waals surface area contributed by atoms with Gasteiger partial charge in [0.25, 0.3) is 0 Å². The van der Waals surface area contributed by atoms with E-state index in [2.05, 4.69) is 20.2 Å². The Labute approximate surface area is 151 Å². The van der Waals surface area contributed by atoms with E-state index in [1.165, 1.54) is 33.3 Å². The molecule has 0 radical (unpaired) electrons. The van der Waals surface area contributed by atoms with Gasteiger partial charge in [-0.3, -0.25) is 0 Å². The molecule has 126 valence electrons. The summed E-state index contributed by atoms with van der Waals surface area (Å²) in [6.07, 6.45) is 6.65. The minimum absolute atomic E-state index is 0.578. The van der Waals surface area contributed by atoms with E-state index < -0.39 is 0 Å². The predicted molar refractivity (Wildman–Crippen MR) is 96.2 cm³/mol.